The lowest BCUT2D eigenvalue weighted by Gasteiger charge is -2.35. The number of likely N-dealkylation sites (N-methyl/N-ethyl adjacent to an activating group) is 1. The lowest BCUT2D eigenvalue weighted by atomic mass is 9.70. The van der Waals surface area contributed by atoms with Gasteiger partial charge in [-0.2, -0.15) is 13.2 Å². The van der Waals surface area contributed by atoms with Gasteiger partial charge in [-0.3, -0.25) is 29.6 Å². The summed E-state index contributed by atoms with van der Waals surface area (Å²) in [6.07, 6.45) is -1.91. The fraction of sp³-hybridized carbons (Fsp3) is 0.240. The highest BCUT2D eigenvalue weighted by atomic mass is 19.4. The molecule has 0 aliphatic carbocycles. The lowest BCUT2D eigenvalue weighted by Crippen LogP contribution is -2.51. The van der Waals surface area contributed by atoms with E-state index >= 15 is 0 Å². The molecule has 0 saturated carbocycles. The van der Waals surface area contributed by atoms with E-state index in [1.165, 1.54) is 54.9 Å². The molecular formula is C25H19F3N4O4. The number of carbonyl (C=O) groups is 2. The van der Waals surface area contributed by atoms with Crippen LogP contribution in [0.25, 0.3) is 0 Å². The van der Waals surface area contributed by atoms with Crippen LogP contribution in [0.2, 0.25) is 0 Å². The van der Waals surface area contributed by atoms with Crippen LogP contribution in [0, 0.1) is 16.0 Å². The van der Waals surface area contributed by atoms with Crippen molar-refractivity contribution in [2.75, 3.05) is 18.9 Å². The minimum atomic E-state index is -4.73. The molecule has 36 heavy (non-hydrogen) atoms. The van der Waals surface area contributed by atoms with E-state index in [0.717, 1.165) is 6.07 Å². The van der Waals surface area contributed by atoms with Gasteiger partial charge >= 0.3 is 6.18 Å². The maximum atomic E-state index is 14.0. The second-order valence-corrected chi connectivity index (χ2v) is 8.86. The van der Waals surface area contributed by atoms with Crippen LogP contribution >= 0.6 is 0 Å². The maximum absolute atomic E-state index is 14.0. The van der Waals surface area contributed by atoms with E-state index in [2.05, 4.69) is 10.3 Å². The number of nitrogens with zero attached hydrogens (tertiary/aromatic N) is 3. The highest BCUT2D eigenvalue weighted by Crippen LogP contribution is 2.57. The second-order valence-electron chi connectivity index (χ2n) is 8.86. The predicted octanol–water partition coefficient (Wildman–Crippen LogP) is 4.38. The van der Waals surface area contributed by atoms with Crippen LogP contribution in [0.3, 0.4) is 0 Å². The monoisotopic (exact) mass is 496 g/mol. The van der Waals surface area contributed by atoms with Crippen LogP contribution in [-0.4, -0.2) is 40.1 Å². The number of rotatable bonds is 4. The number of hydrogen-bond acceptors (Lipinski definition) is 6. The molecule has 0 unspecified atom stereocenters. The molecule has 2 aromatic carbocycles. The number of Topliss-reactive ketones (excluding diaryl/α,β-unsaturated/α-hetero) is 1. The number of hydrogen-bond donors (Lipinski definition) is 1. The van der Waals surface area contributed by atoms with E-state index in [-0.39, 0.29) is 29.0 Å². The van der Waals surface area contributed by atoms with Gasteiger partial charge in [0.15, 0.2) is 5.78 Å². The van der Waals surface area contributed by atoms with Crippen LogP contribution in [0.15, 0.2) is 67.0 Å². The van der Waals surface area contributed by atoms with Crippen molar-refractivity contribution >= 4 is 23.1 Å². The summed E-state index contributed by atoms with van der Waals surface area (Å²) >= 11 is 0. The number of ketones is 1. The number of amides is 1. The van der Waals surface area contributed by atoms with Gasteiger partial charge in [0.05, 0.1) is 22.1 Å². The first-order chi connectivity index (χ1) is 17.1. The molecule has 1 saturated heterocycles. The molecule has 2 aliphatic heterocycles. The number of nitrogens with one attached hydrogen (secondary N) is 1. The minimum absolute atomic E-state index is 0.0464. The summed E-state index contributed by atoms with van der Waals surface area (Å²) in [5.74, 6) is -3.12. The number of non-ortho nitro benzene ring substituents is 1. The number of likely N-dealkylation sites (tertiary alicyclic amines) is 1. The average molecular weight is 496 g/mol. The zero-order valence-corrected chi connectivity index (χ0v) is 18.8. The average Bonchev–Trinajstić information content (AvgIpc) is 3.33. The summed E-state index contributed by atoms with van der Waals surface area (Å²) in [5.41, 5.74) is -2.62. The molecule has 2 aliphatic rings. The molecule has 3 aromatic rings. The summed E-state index contributed by atoms with van der Waals surface area (Å²) in [5, 5.41) is 13.8. The highest BCUT2D eigenvalue weighted by Gasteiger charge is 2.65. The van der Waals surface area contributed by atoms with Crippen molar-refractivity contribution in [3.05, 3.63) is 99.4 Å². The molecule has 1 fully saturated rings. The number of nitro benzene ring substituents is 1. The first-order valence-corrected chi connectivity index (χ1v) is 11.0. The van der Waals surface area contributed by atoms with E-state index in [4.69, 9.17) is 0 Å². The first kappa shape index (κ1) is 23.6. The zero-order chi connectivity index (χ0) is 25.8. The molecule has 3 atom stereocenters. The number of nitro groups is 1. The molecule has 11 heteroatoms. The van der Waals surface area contributed by atoms with Gasteiger partial charge in [0.2, 0.25) is 5.91 Å². The third kappa shape index (κ3) is 3.38. The fourth-order valence-electron chi connectivity index (χ4n) is 5.57. The molecule has 3 heterocycles. The van der Waals surface area contributed by atoms with Crippen molar-refractivity contribution < 1.29 is 27.7 Å². The van der Waals surface area contributed by atoms with Crippen molar-refractivity contribution in [2.45, 2.75) is 17.6 Å². The molecule has 0 bridgehead atoms. The Morgan fingerprint density at radius 1 is 1.17 bits per heavy atom. The number of fused-ring (bicyclic) bond motifs is 2. The smallest absolute Gasteiger partial charge is 0.323 e. The Hall–Kier alpha value is -4.12. The Labute approximate surface area is 202 Å². The first-order valence-electron chi connectivity index (χ1n) is 11.0. The molecule has 5 rings (SSSR count). The molecule has 1 spiro atoms. The van der Waals surface area contributed by atoms with Gasteiger partial charge in [-0.1, -0.05) is 24.3 Å². The van der Waals surface area contributed by atoms with E-state index < -0.39 is 45.7 Å². The Bertz CT molecular complexity index is 1400. The number of anilines is 1. The van der Waals surface area contributed by atoms with Crippen LogP contribution in [0.1, 0.15) is 33.0 Å². The van der Waals surface area contributed by atoms with Gasteiger partial charge in [0.25, 0.3) is 5.69 Å². The van der Waals surface area contributed by atoms with E-state index in [9.17, 15) is 32.9 Å². The Morgan fingerprint density at radius 3 is 2.53 bits per heavy atom. The summed E-state index contributed by atoms with van der Waals surface area (Å²) < 4.78 is 41.5. The maximum Gasteiger partial charge on any atom is 0.418 e. The zero-order valence-electron chi connectivity index (χ0n) is 18.8. The van der Waals surface area contributed by atoms with Crippen molar-refractivity contribution in [3.8, 4) is 0 Å². The third-order valence-electron chi connectivity index (χ3n) is 7.05. The van der Waals surface area contributed by atoms with Crippen LogP contribution in [-0.2, 0) is 16.5 Å². The van der Waals surface area contributed by atoms with Crippen LogP contribution in [0.4, 0.5) is 24.5 Å². The lowest BCUT2D eigenvalue weighted by molar-refractivity contribution is -0.384. The fourth-order valence-corrected chi connectivity index (χ4v) is 5.57. The number of pyridine rings is 1. The van der Waals surface area contributed by atoms with Crippen molar-refractivity contribution in [3.63, 3.8) is 0 Å². The third-order valence-corrected chi connectivity index (χ3v) is 7.05. The Balaban J connectivity index is 1.76. The van der Waals surface area contributed by atoms with Crippen molar-refractivity contribution in [1.82, 2.24) is 9.88 Å². The van der Waals surface area contributed by atoms with Gasteiger partial charge in [0, 0.05) is 48.1 Å². The number of carbonyl (C=O) groups excluding carboxylic acids is 2. The van der Waals surface area contributed by atoms with Crippen LogP contribution < -0.4 is 5.32 Å². The molecule has 8 nitrogen and oxygen atoms in total. The Kier molecular flexibility index (Phi) is 5.40. The predicted molar refractivity (Wildman–Crippen MR) is 122 cm³/mol. The topological polar surface area (TPSA) is 105 Å². The number of benzene rings is 2. The number of aromatic nitrogens is 1. The standard InChI is InChI=1S/C25H19F3N4O4/c1-31-13-17(15-4-2-5-16(12-15)32(35)36)20(22(33)14-8-10-29-11-9-14)24(31)18-6-3-7-19(25(26,27)28)21(18)30-23(24)34/h2-12,17,20H,13H2,1H3,(H,30,34)/t17-,20-,24+/m1/s1. The summed E-state index contributed by atoms with van der Waals surface area (Å²) in [4.78, 5) is 44.0. The second kappa shape index (κ2) is 8.23. The number of para-hydroxylation sites is 1. The van der Waals surface area contributed by atoms with E-state index in [1.807, 2.05) is 0 Å². The molecule has 1 amide bonds. The van der Waals surface area contributed by atoms with E-state index in [0.29, 0.717) is 5.56 Å². The molecule has 1 N–H and O–H groups in total. The Morgan fingerprint density at radius 2 is 1.86 bits per heavy atom. The minimum Gasteiger partial charge on any atom is -0.323 e. The highest BCUT2D eigenvalue weighted by molar-refractivity contribution is 6.12. The quantitative estimate of drug-likeness (QED) is 0.327. The van der Waals surface area contributed by atoms with Crippen LogP contribution in [0.5, 0.6) is 0 Å². The summed E-state index contributed by atoms with van der Waals surface area (Å²) in [7, 11) is 1.57. The van der Waals surface area contributed by atoms with Crippen molar-refractivity contribution in [2.24, 2.45) is 5.92 Å². The summed E-state index contributed by atoms with van der Waals surface area (Å²) in [6.45, 7) is 0.103. The molecule has 0 radical (unpaired) electrons. The van der Waals surface area contributed by atoms with E-state index in [1.54, 1.807) is 18.0 Å². The summed E-state index contributed by atoms with van der Waals surface area (Å²) in [6, 6.07) is 12.2. The van der Waals surface area contributed by atoms with Gasteiger partial charge in [-0.25, -0.2) is 0 Å². The van der Waals surface area contributed by atoms with Gasteiger partial charge < -0.3 is 5.32 Å². The molecule has 1 aromatic heterocycles. The number of halogens is 3. The van der Waals surface area contributed by atoms with Gasteiger partial charge in [0.1, 0.15) is 5.54 Å². The molecule has 184 valence electrons. The van der Waals surface area contributed by atoms with Gasteiger partial charge in [-0.15, -0.1) is 0 Å². The SMILES string of the molecule is CN1C[C@H](c2cccc([N+](=O)[O-])c2)[C@H](C(=O)c2ccncc2)[C@@]12C(=O)Nc1c(C(F)(F)F)cccc12. The van der Waals surface area contributed by atoms with Gasteiger partial charge in [-0.05, 0) is 30.8 Å². The van der Waals surface area contributed by atoms with Crippen molar-refractivity contribution in [1.29, 1.82) is 0 Å². The normalized spacial score (nSPS) is 23.5. The molecular weight excluding hydrogens is 477 g/mol. The largest absolute Gasteiger partial charge is 0.418 e. The number of alkyl halides is 3.